The molecular formula is C44H26O2. The van der Waals surface area contributed by atoms with Crippen molar-refractivity contribution in [1.29, 1.82) is 0 Å². The quantitative estimate of drug-likeness (QED) is 0.193. The van der Waals surface area contributed by atoms with Crippen LogP contribution in [0.1, 0.15) is 0 Å². The summed E-state index contributed by atoms with van der Waals surface area (Å²) in [5.41, 5.74) is 10.5. The van der Waals surface area contributed by atoms with E-state index in [0.717, 1.165) is 49.4 Å². The lowest BCUT2D eigenvalue weighted by molar-refractivity contribution is 0.633. The van der Waals surface area contributed by atoms with E-state index in [1.807, 2.05) is 24.3 Å². The molecule has 8 aromatic carbocycles. The molecule has 2 heterocycles. The number of rotatable bonds is 3. The van der Waals surface area contributed by atoms with Crippen molar-refractivity contribution in [2.24, 2.45) is 0 Å². The molecule has 0 fully saturated rings. The summed E-state index contributed by atoms with van der Waals surface area (Å²) in [6.45, 7) is 0. The Labute approximate surface area is 264 Å². The minimum absolute atomic E-state index is 0.790. The standard InChI is InChI=1S/C44H26O2/c1-2-12-27(13-3-1)28-22-24-29(25-23-28)40-31-15-4-6-17-33(31)41(34-18-7-5-16-32(34)40)37-26-36-30-14-8-10-20-38(30)45-43(36)44-42(37)35-19-9-11-21-39(35)46-44/h1-26H. The van der Waals surface area contributed by atoms with Gasteiger partial charge in [-0.15, -0.1) is 0 Å². The first-order chi connectivity index (χ1) is 22.8. The topological polar surface area (TPSA) is 26.3 Å². The molecule has 0 amide bonds. The molecule has 0 atom stereocenters. The third-order valence-corrected chi connectivity index (χ3v) is 9.48. The van der Waals surface area contributed by atoms with Gasteiger partial charge in [-0.05, 0) is 73.1 Å². The highest BCUT2D eigenvalue weighted by Gasteiger charge is 2.24. The lowest BCUT2D eigenvalue weighted by atomic mass is 9.84. The van der Waals surface area contributed by atoms with E-state index < -0.39 is 0 Å². The molecule has 0 aliphatic heterocycles. The van der Waals surface area contributed by atoms with Gasteiger partial charge in [-0.3, -0.25) is 0 Å². The molecule has 46 heavy (non-hydrogen) atoms. The Kier molecular flexibility index (Phi) is 5.31. The monoisotopic (exact) mass is 586 g/mol. The molecule has 0 saturated heterocycles. The second-order valence-corrected chi connectivity index (χ2v) is 12.0. The Morgan fingerprint density at radius 1 is 0.304 bits per heavy atom. The van der Waals surface area contributed by atoms with Crippen molar-refractivity contribution in [2.45, 2.75) is 0 Å². The Hall–Kier alpha value is -6.12. The van der Waals surface area contributed by atoms with Crippen molar-refractivity contribution < 1.29 is 8.83 Å². The fourth-order valence-electron chi connectivity index (χ4n) is 7.45. The summed E-state index contributed by atoms with van der Waals surface area (Å²) >= 11 is 0. The number of furan rings is 2. The van der Waals surface area contributed by atoms with Gasteiger partial charge in [-0.2, -0.15) is 0 Å². The van der Waals surface area contributed by atoms with E-state index in [9.17, 15) is 0 Å². The van der Waals surface area contributed by atoms with E-state index in [4.69, 9.17) is 8.83 Å². The Morgan fingerprint density at radius 3 is 1.41 bits per heavy atom. The van der Waals surface area contributed by atoms with Gasteiger partial charge in [-0.25, -0.2) is 0 Å². The molecule has 0 unspecified atom stereocenters. The van der Waals surface area contributed by atoms with Gasteiger partial charge in [0.05, 0.1) is 0 Å². The lowest BCUT2D eigenvalue weighted by Gasteiger charge is -2.18. The fraction of sp³-hybridized carbons (Fsp3) is 0. The van der Waals surface area contributed by atoms with Crippen molar-refractivity contribution in [1.82, 2.24) is 0 Å². The second kappa shape index (κ2) is 9.69. The number of hydrogen-bond donors (Lipinski definition) is 0. The number of hydrogen-bond acceptors (Lipinski definition) is 2. The van der Waals surface area contributed by atoms with E-state index in [1.54, 1.807) is 0 Å². The van der Waals surface area contributed by atoms with E-state index in [0.29, 0.717) is 0 Å². The Bertz CT molecular complexity index is 2720. The van der Waals surface area contributed by atoms with Crippen molar-refractivity contribution in [3.8, 4) is 33.4 Å². The Morgan fingerprint density at radius 2 is 0.761 bits per heavy atom. The van der Waals surface area contributed by atoms with Crippen LogP contribution in [0, 0.1) is 0 Å². The lowest BCUT2D eigenvalue weighted by Crippen LogP contribution is -1.91. The van der Waals surface area contributed by atoms with Crippen LogP contribution in [-0.4, -0.2) is 0 Å². The van der Waals surface area contributed by atoms with Crippen molar-refractivity contribution in [3.05, 3.63) is 158 Å². The minimum atomic E-state index is 0.790. The second-order valence-electron chi connectivity index (χ2n) is 12.0. The van der Waals surface area contributed by atoms with Crippen LogP contribution in [0.4, 0.5) is 0 Å². The zero-order valence-corrected chi connectivity index (χ0v) is 24.8. The highest BCUT2D eigenvalue weighted by molar-refractivity contribution is 6.29. The van der Waals surface area contributed by atoms with Crippen molar-refractivity contribution >= 4 is 65.4 Å². The van der Waals surface area contributed by atoms with Gasteiger partial charge in [0.25, 0.3) is 0 Å². The first kappa shape index (κ1) is 25.2. The van der Waals surface area contributed by atoms with Crippen molar-refractivity contribution in [3.63, 3.8) is 0 Å². The maximum atomic E-state index is 6.63. The van der Waals surface area contributed by atoms with E-state index in [-0.39, 0.29) is 0 Å². The molecule has 0 spiro atoms. The van der Waals surface area contributed by atoms with Gasteiger partial charge < -0.3 is 8.83 Å². The smallest absolute Gasteiger partial charge is 0.179 e. The van der Waals surface area contributed by atoms with Crippen LogP contribution < -0.4 is 0 Å². The summed E-state index contributed by atoms with van der Waals surface area (Å²) < 4.78 is 13.1. The number of fused-ring (bicyclic) bond motifs is 9. The molecular weight excluding hydrogens is 560 g/mol. The molecule has 0 bridgehead atoms. The maximum absolute atomic E-state index is 6.63. The van der Waals surface area contributed by atoms with Gasteiger partial charge in [0, 0.05) is 21.5 Å². The average molecular weight is 587 g/mol. The molecule has 0 aliphatic rings. The van der Waals surface area contributed by atoms with E-state index in [1.165, 1.54) is 49.4 Å². The summed E-state index contributed by atoms with van der Waals surface area (Å²) in [4.78, 5) is 0. The van der Waals surface area contributed by atoms with Gasteiger partial charge in [0.1, 0.15) is 11.2 Å². The van der Waals surface area contributed by atoms with E-state index in [2.05, 4.69) is 133 Å². The molecule has 0 N–H and O–H groups in total. The summed E-state index contributed by atoms with van der Waals surface area (Å²) in [5.74, 6) is 0. The molecule has 214 valence electrons. The molecule has 0 radical (unpaired) electrons. The van der Waals surface area contributed by atoms with Crippen LogP contribution in [0.5, 0.6) is 0 Å². The average Bonchev–Trinajstić information content (AvgIpc) is 3.70. The van der Waals surface area contributed by atoms with Crippen molar-refractivity contribution in [2.75, 3.05) is 0 Å². The number of benzene rings is 8. The largest absolute Gasteiger partial charge is 0.452 e. The first-order valence-electron chi connectivity index (χ1n) is 15.7. The highest BCUT2D eigenvalue weighted by atomic mass is 16.4. The molecule has 2 aromatic heterocycles. The van der Waals surface area contributed by atoms with Crippen LogP contribution >= 0.6 is 0 Å². The van der Waals surface area contributed by atoms with Crippen LogP contribution in [0.3, 0.4) is 0 Å². The molecule has 0 aliphatic carbocycles. The van der Waals surface area contributed by atoms with Gasteiger partial charge in [0.15, 0.2) is 11.2 Å². The SMILES string of the molecule is c1ccc(-c2ccc(-c3c4ccccc4c(-c4cc5c6ccccc6oc5c5oc6ccccc6c45)c4ccccc34)cc2)cc1. The summed E-state index contributed by atoms with van der Waals surface area (Å²) in [7, 11) is 0. The molecule has 2 nitrogen and oxygen atoms in total. The van der Waals surface area contributed by atoms with Gasteiger partial charge in [0.2, 0.25) is 0 Å². The normalized spacial score (nSPS) is 11.9. The fourth-order valence-corrected chi connectivity index (χ4v) is 7.45. The summed E-state index contributed by atoms with van der Waals surface area (Å²) in [6, 6.07) is 56.2. The highest BCUT2D eigenvalue weighted by Crippen LogP contribution is 2.49. The van der Waals surface area contributed by atoms with E-state index >= 15 is 0 Å². The Balaban J connectivity index is 1.34. The third-order valence-electron chi connectivity index (χ3n) is 9.48. The van der Waals surface area contributed by atoms with Crippen LogP contribution in [0.2, 0.25) is 0 Å². The van der Waals surface area contributed by atoms with Crippen LogP contribution in [0.25, 0.3) is 98.8 Å². The summed E-state index contributed by atoms with van der Waals surface area (Å²) in [6.07, 6.45) is 0. The number of para-hydroxylation sites is 2. The third kappa shape index (κ3) is 3.59. The van der Waals surface area contributed by atoms with Gasteiger partial charge in [-0.1, -0.05) is 140 Å². The minimum Gasteiger partial charge on any atom is -0.452 e. The molecule has 2 heteroatoms. The molecule has 10 rings (SSSR count). The zero-order valence-electron chi connectivity index (χ0n) is 24.8. The predicted molar refractivity (Wildman–Crippen MR) is 192 cm³/mol. The van der Waals surface area contributed by atoms with Crippen LogP contribution in [0.15, 0.2) is 167 Å². The maximum Gasteiger partial charge on any atom is 0.179 e. The zero-order chi connectivity index (χ0) is 30.2. The first-order valence-corrected chi connectivity index (χ1v) is 15.7. The van der Waals surface area contributed by atoms with Gasteiger partial charge >= 0.3 is 0 Å². The predicted octanol–water partition coefficient (Wildman–Crippen LogP) is 12.8. The summed E-state index contributed by atoms with van der Waals surface area (Å²) in [5, 5.41) is 9.18. The molecule has 0 saturated carbocycles. The molecule has 10 aromatic rings. The van der Waals surface area contributed by atoms with Crippen LogP contribution in [-0.2, 0) is 0 Å².